The number of likely N-dealkylation sites (tertiary alicyclic amines) is 1. The fourth-order valence-electron chi connectivity index (χ4n) is 3.14. The molecule has 1 fully saturated rings. The van der Waals surface area contributed by atoms with Gasteiger partial charge in [0.2, 0.25) is 17.6 Å². The Balaban J connectivity index is 1.55. The number of amides is 1. The number of carbonyl (C=O) groups excluding carboxylic acids is 1. The number of benzene rings is 1. The van der Waals surface area contributed by atoms with Gasteiger partial charge >= 0.3 is 0 Å². The molecular weight excluding hydrogens is 360 g/mol. The molecule has 0 N–H and O–H groups in total. The number of thiophene rings is 1. The van der Waals surface area contributed by atoms with Crippen LogP contribution in [0.15, 0.2) is 40.2 Å². The van der Waals surface area contributed by atoms with E-state index >= 15 is 0 Å². The Hall–Kier alpha value is -2.61. The molecule has 1 saturated heterocycles. The summed E-state index contributed by atoms with van der Waals surface area (Å²) in [7, 11) is 0. The minimum atomic E-state index is -0.755. The molecule has 1 amide bonds. The fourth-order valence-corrected chi connectivity index (χ4v) is 3.83. The van der Waals surface area contributed by atoms with Crippen molar-refractivity contribution >= 4 is 17.2 Å². The highest BCUT2D eigenvalue weighted by atomic mass is 32.1. The second-order valence-corrected chi connectivity index (χ2v) is 7.11. The summed E-state index contributed by atoms with van der Waals surface area (Å²) < 4.78 is 32.3. The highest BCUT2D eigenvalue weighted by molar-refractivity contribution is 7.10. The standard InChI is InChI=1S/C18H15F2N3O2S/c19-11-5-6-13(14(20)9-11)17-21-18(25-22-17)15-4-1-7-23(15)16(24)10-12-3-2-8-26-12/h2-3,5-6,8-9,15H,1,4,7,10H2/t15-/m1/s1. The summed E-state index contributed by atoms with van der Waals surface area (Å²) in [4.78, 5) is 19.6. The summed E-state index contributed by atoms with van der Waals surface area (Å²) in [5, 5.41) is 5.74. The maximum Gasteiger partial charge on any atom is 0.249 e. The van der Waals surface area contributed by atoms with E-state index in [2.05, 4.69) is 10.1 Å². The highest BCUT2D eigenvalue weighted by Crippen LogP contribution is 2.33. The smallest absolute Gasteiger partial charge is 0.249 e. The molecular formula is C18H15F2N3O2S. The first-order valence-electron chi connectivity index (χ1n) is 8.22. The maximum absolute atomic E-state index is 13.9. The molecule has 8 heteroatoms. The number of carbonyl (C=O) groups is 1. The molecule has 1 atom stereocenters. The lowest BCUT2D eigenvalue weighted by Crippen LogP contribution is -2.31. The Morgan fingerprint density at radius 2 is 2.23 bits per heavy atom. The number of aromatic nitrogens is 2. The monoisotopic (exact) mass is 375 g/mol. The largest absolute Gasteiger partial charge is 0.337 e. The van der Waals surface area contributed by atoms with Gasteiger partial charge in [-0.1, -0.05) is 11.2 Å². The molecule has 1 aromatic carbocycles. The van der Waals surface area contributed by atoms with E-state index in [1.54, 1.807) is 16.2 Å². The van der Waals surface area contributed by atoms with Crippen LogP contribution in [0.2, 0.25) is 0 Å². The Morgan fingerprint density at radius 3 is 3.00 bits per heavy atom. The van der Waals surface area contributed by atoms with Gasteiger partial charge in [0.25, 0.3) is 0 Å². The van der Waals surface area contributed by atoms with Crippen molar-refractivity contribution in [3.63, 3.8) is 0 Å². The van der Waals surface area contributed by atoms with E-state index < -0.39 is 11.6 Å². The van der Waals surface area contributed by atoms with Crippen LogP contribution in [0.1, 0.15) is 29.7 Å². The van der Waals surface area contributed by atoms with Crippen molar-refractivity contribution in [3.05, 3.63) is 58.1 Å². The van der Waals surface area contributed by atoms with Gasteiger partial charge in [0, 0.05) is 17.5 Å². The molecule has 1 aliphatic rings. The third-order valence-corrected chi connectivity index (χ3v) is 5.25. The zero-order valence-electron chi connectivity index (χ0n) is 13.7. The predicted octanol–water partition coefficient (Wildman–Crippen LogP) is 3.98. The molecule has 0 bridgehead atoms. The third-order valence-electron chi connectivity index (χ3n) is 4.38. The topological polar surface area (TPSA) is 59.2 Å². The molecule has 2 aromatic heterocycles. The molecule has 1 aliphatic heterocycles. The Morgan fingerprint density at radius 1 is 1.35 bits per heavy atom. The number of rotatable bonds is 4. The first-order valence-corrected chi connectivity index (χ1v) is 9.10. The van der Waals surface area contributed by atoms with Gasteiger partial charge in [0.1, 0.15) is 17.7 Å². The molecule has 4 rings (SSSR count). The summed E-state index contributed by atoms with van der Waals surface area (Å²) >= 11 is 1.54. The van der Waals surface area contributed by atoms with Crippen LogP contribution < -0.4 is 0 Å². The van der Waals surface area contributed by atoms with Gasteiger partial charge in [-0.2, -0.15) is 4.98 Å². The van der Waals surface area contributed by atoms with E-state index in [1.165, 1.54) is 6.07 Å². The summed E-state index contributed by atoms with van der Waals surface area (Å²) in [5.41, 5.74) is 0.0656. The predicted molar refractivity (Wildman–Crippen MR) is 91.4 cm³/mol. The summed E-state index contributed by atoms with van der Waals surface area (Å²) in [6.45, 7) is 0.623. The van der Waals surface area contributed by atoms with Gasteiger partial charge in [0.05, 0.1) is 12.0 Å². The van der Waals surface area contributed by atoms with E-state index in [1.807, 2.05) is 17.5 Å². The minimum Gasteiger partial charge on any atom is -0.337 e. The lowest BCUT2D eigenvalue weighted by Gasteiger charge is -2.21. The first-order chi connectivity index (χ1) is 12.6. The average Bonchev–Trinajstić information content (AvgIpc) is 3.35. The number of hydrogen-bond acceptors (Lipinski definition) is 5. The van der Waals surface area contributed by atoms with Crippen LogP contribution in [-0.2, 0) is 11.2 Å². The van der Waals surface area contributed by atoms with Gasteiger partial charge in [-0.15, -0.1) is 11.3 Å². The fraction of sp³-hybridized carbons (Fsp3) is 0.278. The van der Waals surface area contributed by atoms with Crippen molar-refractivity contribution in [1.29, 1.82) is 0 Å². The zero-order chi connectivity index (χ0) is 18.1. The molecule has 3 aromatic rings. The molecule has 0 unspecified atom stereocenters. The Bertz CT molecular complexity index is 926. The summed E-state index contributed by atoms with van der Waals surface area (Å²) in [6, 6.07) is 6.71. The minimum absolute atomic E-state index is 0.00247. The van der Waals surface area contributed by atoms with E-state index in [0.717, 1.165) is 23.4 Å². The second kappa shape index (κ2) is 6.95. The van der Waals surface area contributed by atoms with Gasteiger partial charge in [-0.3, -0.25) is 4.79 Å². The van der Waals surface area contributed by atoms with Crippen molar-refractivity contribution in [2.45, 2.75) is 25.3 Å². The molecule has 0 radical (unpaired) electrons. The van der Waals surface area contributed by atoms with Gasteiger partial charge in [0.15, 0.2) is 0 Å². The van der Waals surface area contributed by atoms with Crippen LogP contribution >= 0.6 is 11.3 Å². The second-order valence-electron chi connectivity index (χ2n) is 6.08. The van der Waals surface area contributed by atoms with Crippen LogP contribution in [0.25, 0.3) is 11.4 Å². The van der Waals surface area contributed by atoms with Crippen LogP contribution in [0, 0.1) is 11.6 Å². The van der Waals surface area contributed by atoms with E-state index in [4.69, 9.17) is 4.52 Å². The van der Waals surface area contributed by atoms with Crippen LogP contribution in [-0.4, -0.2) is 27.5 Å². The van der Waals surface area contributed by atoms with E-state index in [-0.39, 0.29) is 29.2 Å². The number of halogens is 2. The Labute approximate surface area is 152 Å². The average molecular weight is 375 g/mol. The van der Waals surface area contributed by atoms with E-state index in [0.29, 0.717) is 19.4 Å². The van der Waals surface area contributed by atoms with Crippen molar-refractivity contribution in [1.82, 2.24) is 15.0 Å². The number of hydrogen-bond donors (Lipinski definition) is 0. The quantitative estimate of drug-likeness (QED) is 0.692. The zero-order valence-corrected chi connectivity index (χ0v) is 14.5. The van der Waals surface area contributed by atoms with E-state index in [9.17, 15) is 13.6 Å². The normalized spacial score (nSPS) is 17.0. The molecule has 134 valence electrons. The van der Waals surface area contributed by atoms with Crippen LogP contribution in [0.4, 0.5) is 8.78 Å². The molecule has 0 saturated carbocycles. The molecule has 3 heterocycles. The Kier molecular flexibility index (Phi) is 4.50. The van der Waals surface area contributed by atoms with Crippen molar-refractivity contribution in [3.8, 4) is 11.4 Å². The lowest BCUT2D eigenvalue weighted by atomic mass is 10.2. The van der Waals surface area contributed by atoms with Gasteiger partial charge < -0.3 is 9.42 Å². The summed E-state index contributed by atoms with van der Waals surface area (Å²) in [6.07, 6.45) is 1.88. The van der Waals surface area contributed by atoms with Crippen molar-refractivity contribution in [2.24, 2.45) is 0 Å². The van der Waals surface area contributed by atoms with Crippen molar-refractivity contribution in [2.75, 3.05) is 6.54 Å². The molecule has 5 nitrogen and oxygen atoms in total. The van der Waals surface area contributed by atoms with Crippen molar-refractivity contribution < 1.29 is 18.1 Å². The maximum atomic E-state index is 13.9. The lowest BCUT2D eigenvalue weighted by molar-refractivity contribution is -0.131. The van der Waals surface area contributed by atoms with Crippen LogP contribution in [0.3, 0.4) is 0 Å². The van der Waals surface area contributed by atoms with Crippen LogP contribution in [0.5, 0.6) is 0 Å². The highest BCUT2D eigenvalue weighted by Gasteiger charge is 2.34. The molecule has 26 heavy (non-hydrogen) atoms. The number of nitrogens with zero attached hydrogens (tertiary/aromatic N) is 3. The molecule has 0 spiro atoms. The third kappa shape index (κ3) is 3.24. The SMILES string of the molecule is O=C(Cc1cccs1)N1CCC[C@@H]1c1nc(-c2ccc(F)cc2F)no1. The van der Waals surface area contributed by atoms with Gasteiger partial charge in [-0.05, 0) is 36.4 Å². The first kappa shape index (κ1) is 16.8. The molecule has 0 aliphatic carbocycles. The van der Waals surface area contributed by atoms with Gasteiger partial charge in [-0.25, -0.2) is 8.78 Å². The summed E-state index contributed by atoms with van der Waals surface area (Å²) in [5.74, 6) is -1.09.